The van der Waals surface area contributed by atoms with E-state index in [1.807, 2.05) is 45.3 Å². The van der Waals surface area contributed by atoms with Gasteiger partial charge in [0.2, 0.25) is 0 Å². The van der Waals surface area contributed by atoms with E-state index in [4.69, 9.17) is 8.83 Å². The van der Waals surface area contributed by atoms with E-state index in [0.29, 0.717) is 0 Å². The number of furan rings is 2. The lowest BCUT2D eigenvalue weighted by atomic mass is 10.2. The number of aryl methyl sites for hydroxylation is 4. The number of hydrogen-bond donors (Lipinski definition) is 0. The molecule has 8 aromatic heterocycles. The van der Waals surface area contributed by atoms with E-state index >= 15 is 0 Å². The highest BCUT2D eigenvalue weighted by molar-refractivity contribution is 7.33. The Morgan fingerprint density at radius 3 is 1.44 bits per heavy atom. The molecule has 166 valence electrons. The first-order chi connectivity index (χ1) is 16.5. The zero-order valence-corrected chi connectivity index (χ0v) is 21.9. The van der Waals surface area contributed by atoms with Gasteiger partial charge in [-0.2, -0.15) is 0 Å². The highest BCUT2D eigenvalue weighted by Crippen LogP contribution is 2.49. The Labute approximate surface area is 207 Å². The summed E-state index contributed by atoms with van der Waals surface area (Å²) in [6.45, 7) is 4.36. The number of rotatable bonds is 0. The molecule has 34 heavy (non-hydrogen) atoms. The number of hydrogen-bond acceptors (Lipinski definition) is 6. The molecule has 0 saturated heterocycles. The summed E-state index contributed by atoms with van der Waals surface area (Å²) in [6, 6.07) is 8.94. The first kappa shape index (κ1) is 18.5. The van der Waals surface area contributed by atoms with Crippen molar-refractivity contribution in [3.63, 3.8) is 0 Å². The van der Waals surface area contributed by atoms with Crippen LogP contribution in [-0.2, 0) is 14.1 Å². The molecule has 0 unspecified atom stereocenters. The van der Waals surface area contributed by atoms with Gasteiger partial charge in [-0.05, 0) is 38.1 Å². The van der Waals surface area contributed by atoms with E-state index in [2.05, 4.69) is 61.3 Å². The molecule has 0 aliphatic heterocycles. The molecule has 8 heteroatoms. The van der Waals surface area contributed by atoms with Crippen LogP contribution in [0, 0.1) is 13.8 Å². The molecule has 4 nitrogen and oxygen atoms in total. The fourth-order valence-electron chi connectivity index (χ4n) is 5.76. The van der Waals surface area contributed by atoms with E-state index < -0.39 is 0 Å². The molecule has 0 amide bonds. The van der Waals surface area contributed by atoms with Gasteiger partial charge >= 0.3 is 0 Å². The first-order valence-corrected chi connectivity index (χ1v) is 14.3. The van der Waals surface area contributed by atoms with Crippen molar-refractivity contribution in [2.45, 2.75) is 13.8 Å². The highest BCUT2D eigenvalue weighted by Gasteiger charge is 2.25. The van der Waals surface area contributed by atoms with Gasteiger partial charge in [-0.25, -0.2) is 0 Å². The quantitative estimate of drug-likeness (QED) is 0.201. The molecule has 0 saturated carbocycles. The standard InChI is InChI=1S/C26H16N2O2S4/c1-9-5-15-23(31-9)19-25(33-15)21-17(27(19)3)11-7-14-12(8-13(11)29-21)18-22(30-14)26-20(28(18)4)24-16(34-26)6-10(2)32-24/h5-8H,1-4H3. The van der Waals surface area contributed by atoms with E-state index in [1.165, 1.54) is 49.0 Å². The van der Waals surface area contributed by atoms with Crippen LogP contribution in [0.1, 0.15) is 9.75 Å². The molecule has 0 fully saturated rings. The fourth-order valence-corrected chi connectivity index (χ4v) is 11.0. The molecule has 0 atom stereocenters. The van der Waals surface area contributed by atoms with Crippen molar-refractivity contribution in [2.75, 3.05) is 0 Å². The summed E-state index contributed by atoms with van der Waals surface area (Å²) in [5, 5.41) is 2.24. The molecule has 0 aliphatic carbocycles. The van der Waals surface area contributed by atoms with Crippen molar-refractivity contribution in [1.29, 1.82) is 0 Å². The van der Waals surface area contributed by atoms with Crippen LogP contribution in [0.3, 0.4) is 0 Å². The molecular weight excluding hydrogens is 501 g/mol. The van der Waals surface area contributed by atoms with Gasteiger partial charge in [-0.15, -0.1) is 45.3 Å². The minimum absolute atomic E-state index is 0.923. The largest absolute Gasteiger partial charge is 0.453 e. The van der Waals surface area contributed by atoms with Crippen LogP contribution in [0.25, 0.3) is 83.4 Å². The van der Waals surface area contributed by atoms with Crippen LogP contribution in [0.5, 0.6) is 0 Å². The normalized spacial score (nSPS) is 13.3. The minimum Gasteiger partial charge on any atom is -0.453 e. The zero-order valence-electron chi connectivity index (χ0n) is 18.7. The lowest BCUT2D eigenvalue weighted by Crippen LogP contribution is -1.86. The van der Waals surface area contributed by atoms with Crippen LogP contribution < -0.4 is 0 Å². The van der Waals surface area contributed by atoms with E-state index in [-0.39, 0.29) is 0 Å². The molecular formula is C26H16N2O2S4. The second kappa shape index (κ2) is 5.71. The van der Waals surface area contributed by atoms with Crippen molar-refractivity contribution in [2.24, 2.45) is 14.1 Å². The number of thiophene rings is 4. The van der Waals surface area contributed by atoms with Crippen LogP contribution in [0.4, 0.5) is 0 Å². The van der Waals surface area contributed by atoms with E-state index in [0.717, 1.165) is 44.1 Å². The third-order valence-corrected chi connectivity index (χ3v) is 11.7. The number of aromatic nitrogens is 2. The molecule has 9 aromatic rings. The van der Waals surface area contributed by atoms with Crippen molar-refractivity contribution in [3.8, 4) is 0 Å². The third kappa shape index (κ3) is 1.95. The Morgan fingerprint density at radius 1 is 0.559 bits per heavy atom. The van der Waals surface area contributed by atoms with Gasteiger partial charge in [0.15, 0.2) is 11.2 Å². The molecule has 0 aliphatic rings. The molecule has 0 radical (unpaired) electrons. The smallest absolute Gasteiger partial charge is 0.171 e. The maximum absolute atomic E-state index is 6.56. The van der Waals surface area contributed by atoms with E-state index in [9.17, 15) is 0 Å². The zero-order chi connectivity index (χ0) is 22.6. The molecule has 8 heterocycles. The summed E-state index contributed by atoms with van der Waals surface area (Å²) in [5.74, 6) is 0. The summed E-state index contributed by atoms with van der Waals surface area (Å²) in [4.78, 5) is 2.70. The van der Waals surface area contributed by atoms with Gasteiger partial charge < -0.3 is 18.0 Å². The van der Waals surface area contributed by atoms with Gasteiger partial charge in [-0.3, -0.25) is 0 Å². The Morgan fingerprint density at radius 2 is 1.00 bits per heavy atom. The lowest BCUT2D eigenvalue weighted by molar-refractivity contribution is 0.668. The van der Waals surface area contributed by atoms with Crippen molar-refractivity contribution in [3.05, 3.63) is 34.0 Å². The minimum atomic E-state index is 0.923. The summed E-state index contributed by atoms with van der Waals surface area (Å²) >= 11 is 7.41. The van der Waals surface area contributed by atoms with Crippen molar-refractivity contribution < 1.29 is 8.83 Å². The Hall–Kier alpha value is -2.78. The number of nitrogens with zero attached hydrogens (tertiary/aromatic N) is 2. The Balaban J connectivity index is 1.42. The Kier molecular flexibility index (Phi) is 3.11. The molecule has 0 N–H and O–H groups in total. The predicted molar refractivity (Wildman–Crippen MR) is 150 cm³/mol. The first-order valence-electron chi connectivity index (χ1n) is 11.0. The second-order valence-corrected chi connectivity index (χ2v) is 13.8. The van der Waals surface area contributed by atoms with Crippen molar-refractivity contribution in [1.82, 2.24) is 9.13 Å². The van der Waals surface area contributed by atoms with Crippen LogP contribution in [-0.4, -0.2) is 9.13 Å². The average molecular weight is 517 g/mol. The van der Waals surface area contributed by atoms with Crippen LogP contribution >= 0.6 is 45.3 Å². The van der Waals surface area contributed by atoms with Gasteiger partial charge in [-0.1, -0.05) is 0 Å². The fraction of sp³-hybridized carbons (Fsp3) is 0.154. The van der Waals surface area contributed by atoms with Crippen LogP contribution in [0.15, 0.2) is 33.1 Å². The Bertz CT molecular complexity index is 2170. The SMILES string of the molecule is Cc1cc2sc3c4oc5cc6c(cc5c4n(C)c3c2s1)oc1c2sc3cc(C)sc3c2n(C)c61. The molecule has 9 rings (SSSR count). The van der Waals surface area contributed by atoms with Crippen molar-refractivity contribution >= 4 is 129 Å². The maximum atomic E-state index is 6.56. The number of fused-ring (bicyclic) bond motifs is 14. The number of benzene rings is 1. The van der Waals surface area contributed by atoms with Crippen LogP contribution in [0.2, 0.25) is 0 Å². The highest BCUT2D eigenvalue weighted by atomic mass is 32.1. The second-order valence-electron chi connectivity index (χ2n) is 9.18. The third-order valence-electron chi connectivity index (χ3n) is 7.13. The summed E-state index contributed by atoms with van der Waals surface area (Å²) in [6.07, 6.45) is 0. The monoisotopic (exact) mass is 516 g/mol. The summed E-state index contributed by atoms with van der Waals surface area (Å²) in [7, 11) is 4.32. The van der Waals surface area contributed by atoms with Gasteiger partial charge in [0.25, 0.3) is 0 Å². The van der Waals surface area contributed by atoms with Gasteiger partial charge in [0, 0.05) is 44.0 Å². The molecule has 1 aromatic carbocycles. The topological polar surface area (TPSA) is 36.1 Å². The molecule has 0 spiro atoms. The van der Waals surface area contributed by atoms with Gasteiger partial charge in [0.1, 0.15) is 11.2 Å². The summed E-state index contributed by atoms with van der Waals surface area (Å²) < 4.78 is 25.6. The molecule has 0 bridgehead atoms. The predicted octanol–water partition coefficient (Wildman–Crippen LogP) is 9.64. The lowest BCUT2D eigenvalue weighted by Gasteiger charge is -1.98. The average Bonchev–Trinajstić information content (AvgIpc) is 3.59. The van der Waals surface area contributed by atoms with E-state index in [1.54, 1.807) is 0 Å². The maximum Gasteiger partial charge on any atom is 0.171 e. The van der Waals surface area contributed by atoms with Gasteiger partial charge in [0.05, 0.1) is 40.9 Å². The summed E-state index contributed by atoms with van der Waals surface area (Å²) in [5.41, 5.74) is 8.72.